The van der Waals surface area contributed by atoms with Gasteiger partial charge in [-0.05, 0) is 56.2 Å². The molecule has 0 amide bonds. The number of benzene rings is 3. The lowest BCUT2D eigenvalue weighted by Gasteiger charge is -2.25. The fraction of sp³-hybridized carbons (Fsp3) is 0.364. The lowest BCUT2D eigenvalue weighted by atomic mass is 10.1. The summed E-state index contributed by atoms with van der Waals surface area (Å²) in [6.45, 7) is 8.35. The van der Waals surface area contributed by atoms with Gasteiger partial charge in [0, 0.05) is 12.0 Å². The maximum Gasteiger partial charge on any atom is 0.459 e. The third-order valence-corrected chi connectivity index (χ3v) is 9.03. The van der Waals surface area contributed by atoms with E-state index in [1.54, 1.807) is 19.1 Å². The van der Waals surface area contributed by atoms with Crippen molar-refractivity contribution in [3.63, 3.8) is 0 Å². The molecule has 2 heterocycles. The Morgan fingerprint density at radius 3 is 2.56 bits per heavy atom. The highest BCUT2D eigenvalue weighted by molar-refractivity contribution is 7.52. The van der Waals surface area contributed by atoms with E-state index in [-0.39, 0.29) is 19.8 Å². The van der Waals surface area contributed by atoms with Crippen molar-refractivity contribution in [2.24, 2.45) is 0 Å². The van der Waals surface area contributed by atoms with Crippen molar-refractivity contribution in [1.82, 2.24) is 19.6 Å². The number of nitrogen functional groups attached to an aromatic ring is 1. The van der Waals surface area contributed by atoms with Gasteiger partial charge < -0.3 is 24.3 Å². The first kappa shape index (κ1) is 32.4. The predicted octanol–water partition coefficient (Wildman–Crippen LogP) is 6.94. The first-order valence-electron chi connectivity index (χ1n) is 15.2. The molecule has 0 aliphatic rings. The molecule has 238 valence electrons. The number of carbonyl (C=O) groups excluding carboxylic acids is 1. The van der Waals surface area contributed by atoms with Crippen LogP contribution in [0.3, 0.4) is 0 Å². The molecule has 1 unspecified atom stereocenters. The van der Waals surface area contributed by atoms with Gasteiger partial charge in [0.2, 0.25) is 0 Å². The molecule has 0 spiro atoms. The highest BCUT2D eigenvalue weighted by Crippen LogP contribution is 2.46. The first-order chi connectivity index (χ1) is 21.7. The predicted molar refractivity (Wildman–Crippen MR) is 176 cm³/mol. The Kier molecular flexibility index (Phi) is 10.4. The van der Waals surface area contributed by atoms with E-state index in [1.807, 2.05) is 79.9 Å². The van der Waals surface area contributed by atoms with Crippen LogP contribution in [-0.4, -0.2) is 46.4 Å². The van der Waals surface area contributed by atoms with E-state index in [0.717, 1.165) is 40.0 Å². The number of para-hydroxylation sites is 1. The average Bonchev–Trinajstić information content (AvgIpc) is 3.43. The number of unbranched alkanes of at least 4 members (excludes halogenated alkanes) is 1. The molecule has 12 heteroatoms. The second kappa shape index (κ2) is 14.4. The average molecular weight is 634 g/mol. The van der Waals surface area contributed by atoms with E-state index in [0.29, 0.717) is 29.5 Å². The lowest BCUT2D eigenvalue weighted by molar-refractivity contribution is -0.145. The number of hydrogen-bond acceptors (Lipinski definition) is 9. The molecular weight excluding hydrogens is 593 g/mol. The number of hydrogen-bond donors (Lipinski definition) is 2. The lowest BCUT2D eigenvalue weighted by Crippen LogP contribution is -2.35. The van der Waals surface area contributed by atoms with Crippen molar-refractivity contribution in [2.45, 2.75) is 59.2 Å². The van der Waals surface area contributed by atoms with Gasteiger partial charge in [-0.25, -0.2) is 14.5 Å². The quantitative estimate of drug-likeness (QED) is 0.0708. The van der Waals surface area contributed by atoms with Gasteiger partial charge >= 0.3 is 13.7 Å². The minimum absolute atomic E-state index is 0.0589. The van der Waals surface area contributed by atoms with Crippen LogP contribution in [0.25, 0.3) is 32.7 Å². The van der Waals surface area contributed by atoms with E-state index >= 15 is 0 Å². The molecule has 5 aromatic rings. The van der Waals surface area contributed by atoms with E-state index in [9.17, 15) is 9.36 Å². The Balaban J connectivity index is 1.47. The number of anilines is 1. The summed E-state index contributed by atoms with van der Waals surface area (Å²) >= 11 is 0. The summed E-state index contributed by atoms with van der Waals surface area (Å²) in [4.78, 5) is 22.1. The molecule has 0 saturated heterocycles. The third kappa shape index (κ3) is 7.45. The number of rotatable bonds is 15. The van der Waals surface area contributed by atoms with Crippen molar-refractivity contribution >= 4 is 52.2 Å². The largest absolute Gasteiger partial charge is 0.465 e. The molecule has 0 radical (unpaired) electrons. The maximum atomic E-state index is 14.4. The highest BCUT2D eigenvalue weighted by Gasteiger charge is 2.34. The van der Waals surface area contributed by atoms with E-state index in [1.165, 1.54) is 0 Å². The van der Waals surface area contributed by atoms with Crippen molar-refractivity contribution in [1.29, 1.82) is 0 Å². The molecule has 45 heavy (non-hydrogen) atoms. The Hall–Kier alpha value is -4.02. The zero-order chi connectivity index (χ0) is 32.0. The number of aromatic nitrogens is 3. The molecule has 5 rings (SSSR count). The van der Waals surface area contributed by atoms with Crippen LogP contribution in [0.1, 0.15) is 52.4 Å². The van der Waals surface area contributed by atoms with Crippen LogP contribution in [-0.2, 0) is 30.0 Å². The number of nitrogens with one attached hydrogen (secondary N) is 1. The van der Waals surface area contributed by atoms with Crippen LogP contribution in [0.5, 0.6) is 5.75 Å². The second-order valence-corrected chi connectivity index (χ2v) is 12.6. The molecule has 0 aliphatic carbocycles. The molecule has 0 saturated carbocycles. The zero-order valence-corrected chi connectivity index (χ0v) is 27.0. The number of fused-ring (bicyclic) bond motifs is 4. The Morgan fingerprint density at radius 1 is 1.02 bits per heavy atom. The molecule has 0 bridgehead atoms. The van der Waals surface area contributed by atoms with Gasteiger partial charge in [0.25, 0.3) is 0 Å². The monoisotopic (exact) mass is 633 g/mol. The number of pyridine rings is 1. The number of carbonyl (C=O) groups is 1. The molecule has 11 nitrogen and oxygen atoms in total. The fourth-order valence-electron chi connectivity index (χ4n) is 5.10. The normalized spacial score (nSPS) is 14.4. The number of nitrogens with zero attached hydrogens (tertiary/aromatic N) is 3. The van der Waals surface area contributed by atoms with Gasteiger partial charge in [-0.3, -0.25) is 9.32 Å². The molecule has 3 atom stereocenters. The number of ether oxygens (including phenoxy) is 2. The van der Waals surface area contributed by atoms with Crippen LogP contribution in [0.15, 0.2) is 66.7 Å². The summed E-state index contributed by atoms with van der Waals surface area (Å²) in [5.74, 6) is 0.713. The second-order valence-electron chi connectivity index (χ2n) is 10.9. The van der Waals surface area contributed by atoms with Crippen LogP contribution < -0.4 is 15.3 Å². The minimum Gasteiger partial charge on any atom is -0.465 e. The van der Waals surface area contributed by atoms with Crippen molar-refractivity contribution in [2.75, 3.05) is 25.6 Å². The number of esters is 1. The van der Waals surface area contributed by atoms with Gasteiger partial charge in [-0.1, -0.05) is 61.9 Å². The highest BCUT2D eigenvalue weighted by atomic mass is 31.2. The van der Waals surface area contributed by atoms with Crippen LogP contribution in [0.4, 0.5) is 5.82 Å². The third-order valence-electron chi connectivity index (χ3n) is 7.38. The van der Waals surface area contributed by atoms with Crippen LogP contribution in [0.2, 0.25) is 0 Å². The SMILES string of the molecule is CCCCOC(=O)[C@H](C)NP(=O)(OC[C@@H](C)n1c(COCC)nc2c(N)nc3ccccc3c21)Oc1ccc2ccccc2c1. The van der Waals surface area contributed by atoms with Gasteiger partial charge in [0.05, 0.1) is 30.3 Å². The van der Waals surface area contributed by atoms with Crippen LogP contribution in [0, 0.1) is 0 Å². The maximum absolute atomic E-state index is 14.4. The van der Waals surface area contributed by atoms with E-state index in [4.69, 9.17) is 29.2 Å². The summed E-state index contributed by atoms with van der Waals surface area (Å²) < 4.78 is 39.6. The standard InChI is InChI=1S/C33H40N5O6P/c1-5-7-18-42-33(39)23(4)37-45(40,44-26-17-16-24-12-8-9-13-25(24)19-26)43-20-22(3)38-29(21-41-6-2)36-30-31(38)27-14-10-11-15-28(27)35-32(30)34/h8-17,19,22-23H,5-7,18,20-21H2,1-4H3,(H2,34,35)(H,37,40)/t22-,23+,45?/m1/s1. The molecule has 2 aromatic heterocycles. The number of nitrogens with two attached hydrogens (primary N) is 1. The topological polar surface area (TPSA) is 140 Å². The summed E-state index contributed by atoms with van der Waals surface area (Å²) in [5, 5.41) is 5.57. The summed E-state index contributed by atoms with van der Waals surface area (Å²) in [7, 11) is -4.13. The van der Waals surface area contributed by atoms with Crippen molar-refractivity contribution in [3.8, 4) is 5.75 Å². The summed E-state index contributed by atoms with van der Waals surface area (Å²) in [5.41, 5.74) is 8.40. The molecule has 0 aliphatic heterocycles. The van der Waals surface area contributed by atoms with Crippen LogP contribution >= 0.6 is 7.75 Å². The van der Waals surface area contributed by atoms with Gasteiger partial charge in [0.1, 0.15) is 29.7 Å². The van der Waals surface area contributed by atoms with E-state index in [2.05, 4.69) is 10.1 Å². The Labute approximate surface area is 262 Å². The van der Waals surface area contributed by atoms with Crippen molar-refractivity contribution < 1.29 is 27.9 Å². The molecular formula is C33H40N5O6P. The molecule has 3 N–H and O–H groups in total. The molecule has 3 aromatic carbocycles. The number of imidazole rings is 1. The van der Waals surface area contributed by atoms with Crippen molar-refractivity contribution in [3.05, 3.63) is 72.6 Å². The molecule has 0 fully saturated rings. The first-order valence-corrected chi connectivity index (χ1v) is 16.8. The summed E-state index contributed by atoms with van der Waals surface area (Å²) in [6.07, 6.45) is 1.61. The summed E-state index contributed by atoms with van der Waals surface area (Å²) in [6, 6.07) is 19.5. The smallest absolute Gasteiger partial charge is 0.459 e. The van der Waals surface area contributed by atoms with Gasteiger partial charge in [0.15, 0.2) is 5.82 Å². The van der Waals surface area contributed by atoms with Gasteiger partial charge in [-0.15, -0.1) is 0 Å². The Bertz CT molecular complexity index is 1840. The van der Waals surface area contributed by atoms with Gasteiger partial charge in [-0.2, -0.15) is 5.09 Å². The zero-order valence-electron chi connectivity index (χ0n) is 26.1. The fourth-order valence-corrected chi connectivity index (χ4v) is 6.67. The van der Waals surface area contributed by atoms with E-state index < -0.39 is 25.8 Å². The Morgan fingerprint density at radius 2 is 1.78 bits per heavy atom. The minimum atomic E-state index is -4.13.